The molecule has 0 aromatic heterocycles. The van der Waals surface area contributed by atoms with Gasteiger partial charge in [0.05, 0.1) is 0 Å². The average molecular weight is 258 g/mol. The monoisotopic (exact) mass is 258 g/mol. The molecular weight excluding hydrogens is 244 g/mol. The van der Waals surface area contributed by atoms with Gasteiger partial charge in [0.2, 0.25) is 0 Å². The number of allylic oxidation sites excluding steroid dienone is 1. The number of ketones is 1. The molecule has 1 nitrogen and oxygen atoms in total. The lowest BCUT2D eigenvalue weighted by atomic mass is 10.0. The molecule has 0 fully saturated rings. The van der Waals surface area contributed by atoms with Gasteiger partial charge in [-0.25, -0.2) is 0 Å². The van der Waals surface area contributed by atoms with Crippen molar-refractivity contribution in [3.63, 3.8) is 0 Å². The molecule has 0 heterocycles. The van der Waals surface area contributed by atoms with Crippen LogP contribution in [-0.2, 0) is 0 Å². The molecular formula is C19H14O. The van der Waals surface area contributed by atoms with Crippen LogP contribution in [0.2, 0.25) is 0 Å². The average Bonchev–Trinajstić information content (AvgIpc) is 2.53. The van der Waals surface area contributed by atoms with Gasteiger partial charge in [0.25, 0.3) is 0 Å². The Hall–Kier alpha value is -2.67. The number of hydrogen-bond acceptors (Lipinski definition) is 1. The first-order valence-corrected chi connectivity index (χ1v) is 6.60. The van der Waals surface area contributed by atoms with Crippen LogP contribution in [0, 0.1) is 0 Å². The first kappa shape index (κ1) is 12.4. The molecule has 20 heavy (non-hydrogen) atoms. The molecule has 3 aromatic carbocycles. The number of rotatable bonds is 3. The number of fused-ring (bicyclic) bond motifs is 1. The van der Waals surface area contributed by atoms with Gasteiger partial charge >= 0.3 is 0 Å². The van der Waals surface area contributed by atoms with Gasteiger partial charge in [-0.05, 0) is 22.4 Å². The molecule has 3 rings (SSSR count). The van der Waals surface area contributed by atoms with Gasteiger partial charge in [0, 0.05) is 5.56 Å². The third kappa shape index (κ3) is 2.52. The number of carbonyl (C=O) groups is 1. The van der Waals surface area contributed by atoms with E-state index in [2.05, 4.69) is 0 Å². The van der Waals surface area contributed by atoms with Crippen LogP contribution in [0.3, 0.4) is 0 Å². The zero-order chi connectivity index (χ0) is 13.8. The molecule has 3 aromatic rings. The van der Waals surface area contributed by atoms with Gasteiger partial charge in [-0.15, -0.1) is 0 Å². The van der Waals surface area contributed by atoms with E-state index in [9.17, 15) is 4.79 Å². The topological polar surface area (TPSA) is 17.1 Å². The van der Waals surface area contributed by atoms with Crippen molar-refractivity contribution in [1.82, 2.24) is 0 Å². The van der Waals surface area contributed by atoms with Gasteiger partial charge < -0.3 is 0 Å². The molecule has 0 aliphatic heterocycles. The Bertz CT molecular complexity index is 765. The molecule has 0 atom stereocenters. The highest BCUT2D eigenvalue weighted by Crippen LogP contribution is 2.19. The summed E-state index contributed by atoms with van der Waals surface area (Å²) >= 11 is 0. The van der Waals surface area contributed by atoms with E-state index < -0.39 is 0 Å². The minimum atomic E-state index is 0.0330. The molecule has 0 N–H and O–H groups in total. The highest BCUT2D eigenvalue weighted by Gasteiger charge is 2.06. The second-order valence-electron chi connectivity index (χ2n) is 4.63. The number of carbonyl (C=O) groups excluding carboxylic acids is 1. The van der Waals surface area contributed by atoms with Crippen molar-refractivity contribution >= 4 is 22.6 Å². The molecule has 0 bridgehead atoms. The molecule has 1 heteroatoms. The molecule has 0 saturated heterocycles. The third-order valence-corrected chi connectivity index (χ3v) is 3.28. The largest absolute Gasteiger partial charge is 0.289 e. The molecule has 0 radical (unpaired) electrons. The Kier molecular flexibility index (Phi) is 3.42. The van der Waals surface area contributed by atoms with Crippen LogP contribution < -0.4 is 0 Å². The van der Waals surface area contributed by atoms with E-state index in [0.717, 1.165) is 21.9 Å². The molecule has 96 valence electrons. The third-order valence-electron chi connectivity index (χ3n) is 3.28. The molecule has 0 spiro atoms. The van der Waals surface area contributed by atoms with E-state index in [1.165, 1.54) is 0 Å². The Balaban J connectivity index is 1.95. The second-order valence-corrected chi connectivity index (χ2v) is 4.63. The van der Waals surface area contributed by atoms with Crippen molar-refractivity contribution < 1.29 is 4.79 Å². The van der Waals surface area contributed by atoms with Crippen LogP contribution in [-0.4, -0.2) is 5.78 Å². The van der Waals surface area contributed by atoms with Gasteiger partial charge in [-0.1, -0.05) is 78.9 Å². The highest BCUT2D eigenvalue weighted by atomic mass is 16.1. The lowest BCUT2D eigenvalue weighted by Crippen LogP contribution is -1.95. The van der Waals surface area contributed by atoms with Crippen molar-refractivity contribution in [3.05, 3.63) is 90.0 Å². The Morgan fingerprint density at radius 3 is 2.30 bits per heavy atom. The summed E-state index contributed by atoms with van der Waals surface area (Å²) in [6.45, 7) is 0. The van der Waals surface area contributed by atoms with Crippen molar-refractivity contribution in [1.29, 1.82) is 0 Å². The lowest BCUT2D eigenvalue weighted by Gasteiger charge is -2.02. The van der Waals surface area contributed by atoms with Crippen molar-refractivity contribution in [2.75, 3.05) is 0 Å². The minimum absolute atomic E-state index is 0.0330. The van der Waals surface area contributed by atoms with E-state index in [0.29, 0.717) is 0 Å². The van der Waals surface area contributed by atoms with Crippen LogP contribution in [0.5, 0.6) is 0 Å². The quantitative estimate of drug-likeness (QED) is 0.490. The first-order chi connectivity index (χ1) is 9.84. The number of benzene rings is 3. The minimum Gasteiger partial charge on any atom is -0.289 e. The first-order valence-electron chi connectivity index (χ1n) is 6.60. The highest BCUT2D eigenvalue weighted by molar-refractivity contribution is 6.14. The summed E-state index contributed by atoms with van der Waals surface area (Å²) in [5.41, 5.74) is 1.77. The van der Waals surface area contributed by atoms with Gasteiger partial charge in [-0.3, -0.25) is 4.79 Å². The van der Waals surface area contributed by atoms with E-state index in [4.69, 9.17) is 0 Å². The summed E-state index contributed by atoms with van der Waals surface area (Å²) in [6.07, 6.45) is 3.49. The summed E-state index contributed by atoms with van der Waals surface area (Å²) in [7, 11) is 0. The van der Waals surface area contributed by atoms with Gasteiger partial charge in [0.15, 0.2) is 5.78 Å². The van der Waals surface area contributed by atoms with E-state index in [1.54, 1.807) is 6.08 Å². The molecule has 0 aliphatic carbocycles. The van der Waals surface area contributed by atoms with Gasteiger partial charge in [0.1, 0.15) is 0 Å². The summed E-state index contributed by atoms with van der Waals surface area (Å²) in [5.74, 6) is 0.0330. The van der Waals surface area contributed by atoms with E-state index in [-0.39, 0.29) is 5.78 Å². The van der Waals surface area contributed by atoms with Crippen LogP contribution in [0.1, 0.15) is 15.9 Å². The Labute approximate surface area is 118 Å². The van der Waals surface area contributed by atoms with Crippen LogP contribution in [0.15, 0.2) is 78.9 Å². The maximum atomic E-state index is 12.3. The Morgan fingerprint density at radius 1 is 0.750 bits per heavy atom. The fourth-order valence-electron chi connectivity index (χ4n) is 2.27. The molecule has 0 saturated carbocycles. The predicted octanol–water partition coefficient (Wildman–Crippen LogP) is 4.74. The second kappa shape index (κ2) is 5.54. The summed E-state index contributed by atoms with van der Waals surface area (Å²) in [4.78, 5) is 12.3. The van der Waals surface area contributed by atoms with Crippen LogP contribution in [0.4, 0.5) is 0 Å². The zero-order valence-corrected chi connectivity index (χ0v) is 11.0. The molecule has 0 amide bonds. The maximum Gasteiger partial charge on any atom is 0.186 e. The van der Waals surface area contributed by atoms with Crippen LogP contribution >= 0.6 is 0 Å². The maximum absolute atomic E-state index is 12.3. The van der Waals surface area contributed by atoms with Crippen LogP contribution in [0.25, 0.3) is 16.8 Å². The van der Waals surface area contributed by atoms with Crippen molar-refractivity contribution in [2.45, 2.75) is 0 Å². The normalized spacial score (nSPS) is 11.0. The van der Waals surface area contributed by atoms with E-state index >= 15 is 0 Å². The molecule has 0 aliphatic rings. The standard InChI is InChI=1S/C19H14O/c20-19(14-13-15-7-2-1-3-8-15)18-12-6-10-16-9-4-5-11-17(16)18/h1-14H/b14-13-. The van der Waals surface area contributed by atoms with Crippen molar-refractivity contribution in [3.8, 4) is 0 Å². The number of hydrogen-bond donors (Lipinski definition) is 0. The SMILES string of the molecule is O=C(/C=C\c1ccccc1)c1cccc2ccccc12. The fraction of sp³-hybridized carbons (Fsp3) is 0. The molecule has 0 unspecified atom stereocenters. The zero-order valence-electron chi connectivity index (χ0n) is 11.0. The van der Waals surface area contributed by atoms with Crippen molar-refractivity contribution in [2.24, 2.45) is 0 Å². The van der Waals surface area contributed by atoms with Gasteiger partial charge in [-0.2, -0.15) is 0 Å². The fourth-order valence-corrected chi connectivity index (χ4v) is 2.27. The lowest BCUT2D eigenvalue weighted by molar-refractivity contribution is 0.104. The summed E-state index contributed by atoms with van der Waals surface area (Å²) in [6, 6.07) is 23.6. The Morgan fingerprint density at radius 2 is 1.45 bits per heavy atom. The smallest absolute Gasteiger partial charge is 0.186 e. The predicted molar refractivity (Wildman–Crippen MR) is 83.8 cm³/mol. The van der Waals surface area contributed by atoms with E-state index in [1.807, 2.05) is 78.9 Å². The summed E-state index contributed by atoms with van der Waals surface area (Å²) < 4.78 is 0. The summed E-state index contributed by atoms with van der Waals surface area (Å²) in [5, 5.41) is 2.09.